The molecule has 0 fully saturated rings. The number of aryl methyl sites for hydroxylation is 4. The minimum Gasteiger partial charge on any atom is -0.322 e. The molecule has 0 saturated carbocycles. The highest BCUT2D eigenvalue weighted by Gasteiger charge is 2.19. The Labute approximate surface area is 181 Å². The van der Waals surface area contributed by atoms with Gasteiger partial charge in [-0.15, -0.1) is 0 Å². The van der Waals surface area contributed by atoms with Crippen LogP contribution >= 0.6 is 0 Å². The van der Waals surface area contributed by atoms with Crippen LogP contribution in [0, 0.1) is 19.8 Å². The number of rotatable bonds is 6. The number of fused-ring (bicyclic) bond motifs is 2. The fourth-order valence-corrected chi connectivity index (χ4v) is 4.07. The molecule has 0 unspecified atom stereocenters. The van der Waals surface area contributed by atoms with Crippen LogP contribution in [0.15, 0.2) is 46.0 Å². The number of aromatic nitrogens is 4. The van der Waals surface area contributed by atoms with E-state index in [2.05, 4.69) is 73.0 Å². The van der Waals surface area contributed by atoms with Crippen LogP contribution in [-0.2, 0) is 19.4 Å². The topological polar surface area (TPSA) is 80.6 Å². The summed E-state index contributed by atoms with van der Waals surface area (Å²) in [7, 11) is 0. The quantitative estimate of drug-likeness (QED) is 0.481. The highest BCUT2D eigenvalue weighted by Crippen LogP contribution is 2.26. The van der Waals surface area contributed by atoms with Gasteiger partial charge in [0.15, 0.2) is 11.5 Å². The average Bonchev–Trinajstić information content (AvgIpc) is 2.70. The number of benzene rings is 2. The van der Waals surface area contributed by atoms with Crippen molar-refractivity contribution in [3.8, 4) is 11.5 Å². The largest absolute Gasteiger partial charge is 0.349 e. The lowest BCUT2D eigenvalue weighted by atomic mass is 9.97. The lowest BCUT2D eigenvalue weighted by Crippen LogP contribution is -2.29. The van der Waals surface area contributed by atoms with Gasteiger partial charge in [-0.1, -0.05) is 43.7 Å². The molecule has 0 spiro atoms. The third kappa shape index (κ3) is 4.43. The van der Waals surface area contributed by atoms with Gasteiger partial charge >= 0.3 is 5.69 Å². The molecule has 0 aromatic heterocycles. The zero-order valence-electron chi connectivity index (χ0n) is 18.5. The van der Waals surface area contributed by atoms with E-state index in [1.807, 2.05) is 10.6 Å². The van der Waals surface area contributed by atoms with Gasteiger partial charge in [-0.05, 0) is 67.9 Å². The van der Waals surface area contributed by atoms with Gasteiger partial charge in [-0.3, -0.25) is 9.78 Å². The van der Waals surface area contributed by atoms with Crippen molar-refractivity contribution in [3.05, 3.63) is 79.5 Å². The predicted octanol–water partition coefficient (Wildman–Crippen LogP) is 4.03. The second-order valence-electron chi connectivity index (χ2n) is 8.76. The summed E-state index contributed by atoms with van der Waals surface area (Å²) in [6.07, 6.45) is 2.72. The van der Waals surface area contributed by atoms with Gasteiger partial charge < -0.3 is 4.57 Å². The maximum absolute atomic E-state index is 12.4. The zero-order chi connectivity index (χ0) is 22.1. The van der Waals surface area contributed by atoms with E-state index in [-0.39, 0.29) is 5.69 Å². The van der Waals surface area contributed by atoms with E-state index in [9.17, 15) is 9.59 Å². The molecule has 2 aliphatic rings. The Kier molecular flexibility index (Phi) is 5.72. The first-order chi connectivity index (χ1) is 14.8. The Morgan fingerprint density at radius 2 is 1.77 bits per heavy atom. The summed E-state index contributed by atoms with van der Waals surface area (Å²) >= 11 is 0. The van der Waals surface area contributed by atoms with Gasteiger partial charge in [-0.25, -0.2) is 9.78 Å². The monoisotopic (exact) mass is 416 g/mol. The van der Waals surface area contributed by atoms with Gasteiger partial charge in [0, 0.05) is 6.54 Å². The Balaban J connectivity index is 1.82. The molecule has 2 aromatic carbocycles. The Bertz CT molecular complexity index is 1320. The summed E-state index contributed by atoms with van der Waals surface area (Å²) in [5.41, 5.74) is 5.65. The minimum absolute atomic E-state index is 0.207. The molecule has 31 heavy (non-hydrogen) atoms. The van der Waals surface area contributed by atoms with E-state index >= 15 is 0 Å². The molecule has 6 heteroatoms. The first kappa shape index (κ1) is 21.0. The molecule has 2 aromatic rings. The number of nitrogens with one attached hydrogen (secondary N) is 1. The first-order valence-electron chi connectivity index (χ1n) is 10.8. The fourth-order valence-electron chi connectivity index (χ4n) is 4.07. The smallest absolute Gasteiger partial charge is 0.322 e. The molecule has 0 radical (unpaired) electrons. The number of H-pyrrole nitrogens is 1. The van der Waals surface area contributed by atoms with Crippen LogP contribution in [0.1, 0.15) is 42.5 Å². The summed E-state index contributed by atoms with van der Waals surface area (Å²) in [6, 6.07) is 12.7. The summed E-state index contributed by atoms with van der Waals surface area (Å²) < 4.78 is 1.99. The molecular formula is C25H28N4O2. The molecule has 1 N–H and O–H groups in total. The van der Waals surface area contributed by atoms with Gasteiger partial charge in [0.25, 0.3) is 5.56 Å². The molecule has 2 heterocycles. The lowest BCUT2D eigenvalue weighted by molar-refractivity contribution is 0.639. The van der Waals surface area contributed by atoms with Crippen LogP contribution < -0.4 is 11.2 Å². The number of hydrogen-bond acceptors (Lipinski definition) is 4. The van der Waals surface area contributed by atoms with Gasteiger partial charge in [0.1, 0.15) is 0 Å². The average molecular weight is 417 g/mol. The highest BCUT2D eigenvalue weighted by molar-refractivity contribution is 5.81. The summed E-state index contributed by atoms with van der Waals surface area (Å²) in [4.78, 5) is 35.4. The van der Waals surface area contributed by atoms with E-state index in [0.29, 0.717) is 18.3 Å². The normalized spacial score (nSPS) is 11.6. The van der Waals surface area contributed by atoms with E-state index < -0.39 is 11.2 Å². The van der Waals surface area contributed by atoms with Crippen molar-refractivity contribution in [3.63, 3.8) is 0 Å². The number of aromatic amines is 1. The van der Waals surface area contributed by atoms with Crippen LogP contribution in [0.25, 0.3) is 22.6 Å². The van der Waals surface area contributed by atoms with Gasteiger partial charge in [0.05, 0.1) is 11.0 Å². The van der Waals surface area contributed by atoms with Crippen LogP contribution in [0.5, 0.6) is 0 Å². The Morgan fingerprint density at radius 3 is 2.48 bits per heavy atom. The molecule has 0 saturated heterocycles. The maximum Gasteiger partial charge on any atom is 0.349 e. The van der Waals surface area contributed by atoms with Crippen molar-refractivity contribution < 1.29 is 0 Å². The van der Waals surface area contributed by atoms with Crippen molar-refractivity contribution in [2.75, 3.05) is 0 Å². The van der Waals surface area contributed by atoms with Gasteiger partial charge in [0.2, 0.25) is 0 Å². The third-order valence-electron chi connectivity index (χ3n) is 5.66. The fraction of sp³-hybridized carbons (Fsp3) is 0.360. The van der Waals surface area contributed by atoms with Crippen LogP contribution in [0.3, 0.4) is 0 Å². The molecule has 6 nitrogen and oxygen atoms in total. The summed E-state index contributed by atoms with van der Waals surface area (Å²) in [6.45, 7) is 9.19. The van der Waals surface area contributed by atoms with E-state index in [1.54, 1.807) is 0 Å². The number of hydrogen-bond donors (Lipinski definition) is 1. The second kappa shape index (κ2) is 8.46. The van der Waals surface area contributed by atoms with Crippen molar-refractivity contribution in [2.24, 2.45) is 5.92 Å². The molecule has 0 atom stereocenters. The lowest BCUT2D eigenvalue weighted by Gasteiger charge is -2.19. The maximum atomic E-state index is 12.4. The zero-order valence-corrected chi connectivity index (χ0v) is 18.5. The number of nitrogens with zero attached hydrogens (tertiary/aromatic N) is 3. The summed E-state index contributed by atoms with van der Waals surface area (Å²) in [5.74, 6) is 0.873. The molecule has 0 amide bonds. The Morgan fingerprint density at radius 1 is 1.03 bits per heavy atom. The molecular weight excluding hydrogens is 388 g/mol. The van der Waals surface area contributed by atoms with Crippen molar-refractivity contribution in [1.29, 1.82) is 0 Å². The van der Waals surface area contributed by atoms with Crippen molar-refractivity contribution in [1.82, 2.24) is 19.5 Å². The summed E-state index contributed by atoms with van der Waals surface area (Å²) in [5, 5.41) is 0. The molecule has 160 valence electrons. The van der Waals surface area contributed by atoms with Gasteiger partial charge in [-0.2, -0.15) is 4.98 Å². The molecule has 2 aliphatic heterocycles. The molecule has 4 rings (SSSR count). The standard InChI is InChI=1S/C25H28N4O2/c1-15(2)12-19-14-21-20(13-17(19)4)26-22-23(27-25(31)28-24(22)30)29(21)11-5-6-18-9-7-16(3)8-10-18/h7-10,13-15H,5-6,11-12H2,1-4H3,(H,28,30,31). The SMILES string of the molecule is Cc1ccc(CCCn2c3nc(=O)[nH]c(=O)c-3nc3cc(C)c(CC(C)C)cc32)cc1. The predicted molar refractivity (Wildman–Crippen MR) is 124 cm³/mol. The van der Waals surface area contributed by atoms with Crippen molar-refractivity contribution in [2.45, 2.75) is 53.5 Å². The highest BCUT2D eigenvalue weighted by atomic mass is 16.2. The van der Waals surface area contributed by atoms with Crippen LogP contribution in [0.4, 0.5) is 0 Å². The Hall–Kier alpha value is -3.28. The second-order valence-corrected chi connectivity index (χ2v) is 8.76. The van der Waals surface area contributed by atoms with E-state index in [4.69, 9.17) is 0 Å². The van der Waals surface area contributed by atoms with Crippen molar-refractivity contribution >= 4 is 11.0 Å². The molecule has 0 bridgehead atoms. The van der Waals surface area contributed by atoms with E-state index in [0.717, 1.165) is 35.9 Å². The first-order valence-corrected chi connectivity index (χ1v) is 10.8. The van der Waals surface area contributed by atoms with E-state index in [1.165, 1.54) is 16.7 Å². The van der Waals surface area contributed by atoms with Crippen LogP contribution in [-0.4, -0.2) is 19.5 Å². The molecule has 0 aliphatic carbocycles. The minimum atomic E-state index is -0.638. The third-order valence-corrected chi connectivity index (χ3v) is 5.66. The van der Waals surface area contributed by atoms with Crippen LogP contribution in [0.2, 0.25) is 0 Å².